The van der Waals surface area contributed by atoms with E-state index in [1.807, 2.05) is 43.3 Å². The number of hydrogen-bond donors (Lipinski definition) is 2. The van der Waals surface area contributed by atoms with Crippen molar-refractivity contribution in [2.75, 3.05) is 19.6 Å². The molecular formula is C18H21ClN2O2. The Kier molecular flexibility index (Phi) is 6.91. The van der Waals surface area contributed by atoms with E-state index in [4.69, 9.17) is 16.3 Å². The Morgan fingerprint density at radius 3 is 2.65 bits per heavy atom. The molecular weight excluding hydrogens is 312 g/mol. The molecule has 0 aliphatic rings. The Morgan fingerprint density at radius 1 is 1.13 bits per heavy atom. The predicted molar refractivity (Wildman–Crippen MR) is 93.1 cm³/mol. The van der Waals surface area contributed by atoms with Crippen LogP contribution in [0, 0.1) is 0 Å². The molecule has 0 aliphatic carbocycles. The number of carbonyl (C=O) groups excluding carboxylic acids is 1. The van der Waals surface area contributed by atoms with Crippen LogP contribution in [0.4, 0.5) is 0 Å². The maximum absolute atomic E-state index is 12.1. The summed E-state index contributed by atoms with van der Waals surface area (Å²) in [7, 11) is 0. The molecule has 0 fully saturated rings. The van der Waals surface area contributed by atoms with Gasteiger partial charge in [-0.05, 0) is 42.4 Å². The van der Waals surface area contributed by atoms with Gasteiger partial charge < -0.3 is 15.4 Å². The zero-order valence-corrected chi connectivity index (χ0v) is 13.9. The van der Waals surface area contributed by atoms with E-state index < -0.39 is 0 Å². The lowest BCUT2D eigenvalue weighted by molar-refractivity contribution is 0.0953. The molecule has 0 saturated heterocycles. The van der Waals surface area contributed by atoms with Crippen molar-refractivity contribution in [1.29, 1.82) is 0 Å². The molecule has 2 rings (SSSR count). The molecule has 0 atom stereocenters. The van der Waals surface area contributed by atoms with Crippen molar-refractivity contribution in [3.63, 3.8) is 0 Å². The van der Waals surface area contributed by atoms with E-state index in [2.05, 4.69) is 10.6 Å². The van der Waals surface area contributed by atoms with Crippen LogP contribution in [0.2, 0.25) is 5.02 Å². The number of nitrogens with one attached hydrogen (secondary N) is 2. The summed E-state index contributed by atoms with van der Waals surface area (Å²) in [6.07, 6.45) is 0. The molecule has 2 N–H and O–H groups in total. The number of rotatable bonds is 8. The highest BCUT2D eigenvalue weighted by Crippen LogP contribution is 2.16. The molecule has 0 heterocycles. The summed E-state index contributed by atoms with van der Waals surface area (Å²) >= 11 is 5.86. The highest BCUT2D eigenvalue weighted by molar-refractivity contribution is 6.30. The van der Waals surface area contributed by atoms with Crippen LogP contribution < -0.4 is 15.4 Å². The van der Waals surface area contributed by atoms with E-state index >= 15 is 0 Å². The molecule has 23 heavy (non-hydrogen) atoms. The third-order valence-electron chi connectivity index (χ3n) is 3.25. The first-order valence-electron chi connectivity index (χ1n) is 7.65. The summed E-state index contributed by atoms with van der Waals surface area (Å²) in [6, 6.07) is 14.7. The number of benzene rings is 2. The second kappa shape index (κ2) is 9.18. The van der Waals surface area contributed by atoms with Crippen molar-refractivity contribution >= 4 is 17.5 Å². The minimum absolute atomic E-state index is 0.0974. The van der Waals surface area contributed by atoms with Crippen molar-refractivity contribution in [3.8, 4) is 5.75 Å². The fraction of sp³-hybridized carbons (Fsp3) is 0.278. The lowest BCUT2D eigenvalue weighted by Gasteiger charge is -2.09. The monoisotopic (exact) mass is 332 g/mol. The van der Waals surface area contributed by atoms with Crippen LogP contribution in [0.15, 0.2) is 48.5 Å². The molecule has 0 radical (unpaired) electrons. The number of halogens is 1. The van der Waals surface area contributed by atoms with Crippen LogP contribution in [0.25, 0.3) is 0 Å². The molecule has 0 aromatic heterocycles. The van der Waals surface area contributed by atoms with Gasteiger partial charge >= 0.3 is 0 Å². The van der Waals surface area contributed by atoms with Gasteiger partial charge in [0.15, 0.2) is 0 Å². The maximum Gasteiger partial charge on any atom is 0.251 e. The Balaban J connectivity index is 1.88. The molecule has 0 aliphatic heterocycles. The fourth-order valence-electron chi connectivity index (χ4n) is 2.02. The normalized spacial score (nSPS) is 10.3. The summed E-state index contributed by atoms with van der Waals surface area (Å²) < 4.78 is 5.73. The van der Waals surface area contributed by atoms with Crippen molar-refractivity contribution < 1.29 is 9.53 Å². The third kappa shape index (κ3) is 5.93. The van der Waals surface area contributed by atoms with Gasteiger partial charge in [-0.2, -0.15) is 0 Å². The molecule has 2 aromatic carbocycles. The minimum atomic E-state index is -0.0974. The average molecular weight is 333 g/mol. The summed E-state index contributed by atoms with van der Waals surface area (Å²) in [5, 5.41) is 6.73. The minimum Gasteiger partial charge on any atom is -0.489 e. The largest absolute Gasteiger partial charge is 0.489 e. The van der Waals surface area contributed by atoms with Crippen LogP contribution in [0.3, 0.4) is 0 Å². The lowest BCUT2D eigenvalue weighted by atomic mass is 10.2. The zero-order valence-electron chi connectivity index (χ0n) is 13.1. The molecule has 0 unspecified atom stereocenters. The van der Waals surface area contributed by atoms with Crippen molar-refractivity contribution in [1.82, 2.24) is 10.6 Å². The van der Waals surface area contributed by atoms with Crippen molar-refractivity contribution in [2.45, 2.75) is 13.5 Å². The standard InChI is InChI=1S/C18H21ClN2O2/c1-2-20-10-11-21-18(22)15-4-3-5-17(12-15)23-13-14-6-8-16(19)9-7-14/h3-9,12,20H,2,10-11,13H2,1H3,(H,21,22). The highest BCUT2D eigenvalue weighted by atomic mass is 35.5. The van der Waals surface area contributed by atoms with E-state index in [-0.39, 0.29) is 5.91 Å². The molecule has 0 saturated carbocycles. The molecule has 4 nitrogen and oxygen atoms in total. The van der Waals surface area contributed by atoms with Gasteiger partial charge in [0.25, 0.3) is 5.91 Å². The highest BCUT2D eigenvalue weighted by Gasteiger charge is 2.06. The smallest absolute Gasteiger partial charge is 0.251 e. The SMILES string of the molecule is CCNCCNC(=O)c1cccc(OCc2ccc(Cl)cc2)c1. The predicted octanol–water partition coefficient (Wildman–Crippen LogP) is 3.26. The third-order valence-corrected chi connectivity index (χ3v) is 3.50. The summed E-state index contributed by atoms with van der Waals surface area (Å²) in [6.45, 7) is 4.72. The first kappa shape index (κ1) is 17.3. The Bertz CT molecular complexity index is 629. The molecule has 0 bridgehead atoms. The molecule has 1 amide bonds. The zero-order chi connectivity index (χ0) is 16.5. The average Bonchev–Trinajstić information content (AvgIpc) is 2.58. The second-order valence-electron chi connectivity index (χ2n) is 5.05. The van der Waals surface area contributed by atoms with Crippen LogP contribution >= 0.6 is 11.6 Å². The van der Waals surface area contributed by atoms with E-state index in [0.29, 0.717) is 29.5 Å². The second-order valence-corrected chi connectivity index (χ2v) is 5.49. The van der Waals surface area contributed by atoms with Crippen molar-refractivity contribution in [2.24, 2.45) is 0 Å². The van der Waals surface area contributed by atoms with Crippen LogP contribution in [-0.2, 0) is 6.61 Å². The van der Waals surface area contributed by atoms with Crippen molar-refractivity contribution in [3.05, 3.63) is 64.7 Å². The van der Waals surface area contributed by atoms with Crippen LogP contribution in [-0.4, -0.2) is 25.5 Å². The first-order chi connectivity index (χ1) is 11.2. The summed E-state index contributed by atoms with van der Waals surface area (Å²) in [5.74, 6) is 0.569. The fourth-order valence-corrected chi connectivity index (χ4v) is 2.14. The van der Waals surface area contributed by atoms with Gasteiger partial charge in [0.2, 0.25) is 0 Å². The first-order valence-corrected chi connectivity index (χ1v) is 8.03. The summed E-state index contributed by atoms with van der Waals surface area (Å²) in [5.41, 5.74) is 1.62. The Morgan fingerprint density at radius 2 is 1.91 bits per heavy atom. The van der Waals surface area contributed by atoms with Crippen LogP contribution in [0.5, 0.6) is 5.75 Å². The Labute approximate surface area is 141 Å². The van der Waals surface area contributed by atoms with E-state index in [1.54, 1.807) is 12.1 Å². The molecule has 122 valence electrons. The van der Waals surface area contributed by atoms with Gasteiger partial charge in [-0.25, -0.2) is 0 Å². The van der Waals surface area contributed by atoms with Gasteiger partial charge in [0.1, 0.15) is 12.4 Å². The quantitative estimate of drug-likeness (QED) is 0.729. The molecule has 5 heteroatoms. The number of hydrogen-bond acceptors (Lipinski definition) is 3. The number of amides is 1. The van der Waals surface area contributed by atoms with E-state index in [1.165, 1.54) is 0 Å². The molecule has 0 spiro atoms. The number of ether oxygens (including phenoxy) is 1. The van der Waals surface area contributed by atoms with Crippen LogP contribution in [0.1, 0.15) is 22.8 Å². The Hall–Kier alpha value is -2.04. The van der Waals surface area contributed by atoms with E-state index in [0.717, 1.165) is 18.7 Å². The lowest BCUT2D eigenvalue weighted by Crippen LogP contribution is -2.31. The number of carbonyl (C=O) groups is 1. The number of likely N-dealkylation sites (N-methyl/N-ethyl adjacent to an activating group) is 1. The van der Waals surface area contributed by atoms with Gasteiger partial charge in [0, 0.05) is 23.7 Å². The molecule has 2 aromatic rings. The maximum atomic E-state index is 12.1. The van der Waals surface area contributed by atoms with Gasteiger partial charge in [-0.3, -0.25) is 4.79 Å². The summed E-state index contributed by atoms with van der Waals surface area (Å²) in [4.78, 5) is 12.1. The van der Waals surface area contributed by atoms with E-state index in [9.17, 15) is 4.79 Å². The topological polar surface area (TPSA) is 50.4 Å². The van der Waals surface area contributed by atoms with Gasteiger partial charge in [-0.15, -0.1) is 0 Å². The van der Waals surface area contributed by atoms with Gasteiger partial charge in [-0.1, -0.05) is 36.7 Å². The van der Waals surface area contributed by atoms with Gasteiger partial charge in [0.05, 0.1) is 0 Å².